The summed E-state index contributed by atoms with van der Waals surface area (Å²) in [5.74, 6) is 2.14. The first-order valence-corrected chi connectivity index (χ1v) is 13.6. The van der Waals surface area contributed by atoms with E-state index in [1.165, 1.54) is 37.6 Å². The van der Waals surface area contributed by atoms with Crippen molar-refractivity contribution in [2.24, 2.45) is 17.8 Å². The van der Waals surface area contributed by atoms with Crippen LogP contribution in [0.2, 0.25) is 0 Å². The molecule has 0 spiro atoms. The lowest BCUT2D eigenvalue weighted by atomic mass is 9.84. The van der Waals surface area contributed by atoms with E-state index in [4.69, 9.17) is 0 Å². The largest absolute Gasteiger partial charge is 0.322 e. The highest BCUT2D eigenvalue weighted by Crippen LogP contribution is 2.49. The first-order chi connectivity index (χ1) is 16.7. The number of nitrogens with zero attached hydrogens (tertiary/aromatic N) is 3. The second-order valence-corrected chi connectivity index (χ2v) is 11.7. The zero-order valence-electron chi connectivity index (χ0n) is 20.2. The molecule has 2 saturated carbocycles. The highest BCUT2D eigenvalue weighted by atomic mass is 32.2. The minimum Gasteiger partial charge on any atom is -0.322 e. The maximum Gasteiger partial charge on any atom is 0.257 e. The number of pyridine rings is 1. The summed E-state index contributed by atoms with van der Waals surface area (Å²) in [5.41, 5.74) is 2.76. The van der Waals surface area contributed by atoms with E-state index < -0.39 is 10.0 Å². The monoisotopic (exact) mass is 493 g/mol. The predicted molar refractivity (Wildman–Crippen MR) is 134 cm³/mol. The summed E-state index contributed by atoms with van der Waals surface area (Å²) in [7, 11) is -3.63. The SMILES string of the molecule is Cc1cc(C)n(-c2ccc(C(=O)Nc3ccc(S(=O)(=O)NC(C)C4CC5CCC4C5)cc3)cn2)n1. The maximum atomic E-state index is 12.9. The molecule has 1 amide bonds. The van der Waals surface area contributed by atoms with Crippen LogP contribution in [0.3, 0.4) is 0 Å². The Morgan fingerprint density at radius 1 is 1.09 bits per heavy atom. The Morgan fingerprint density at radius 3 is 2.43 bits per heavy atom. The number of carbonyl (C=O) groups is 1. The molecule has 0 saturated heterocycles. The molecule has 2 aliphatic rings. The van der Waals surface area contributed by atoms with Crippen molar-refractivity contribution in [1.29, 1.82) is 0 Å². The van der Waals surface area contributed by atoms with Crippen molar-refractivity contribution in [2.45, 2.75) is 57.4 Å². The number of fused-ring (bicyclic) bond motifs is 2. The van der Waals surface area contributed by atoms with Gasteiger partial charge in [0.25, 0.3) is 5.91 Å². The van der Waals surface area contributed by atoms with Crippen molar-refractivity contribution in [3.63, 3.8) is 0 Å². The molecule has 4 unspecified atom stereocenters. The number of rotatable bonds is 7. The van der Waals surface area contributed by atoms with Gasteiger partial charge >= 0.3 is 0 Å². The first kappa shape index (κ1) is 23.7. The number of aryl methyl sites for hydroxylation is 2. The van der Waals surface area contributed by atoms with E-state index in [-0.39, 0.29) is 16.8 Å². The number of carbonyl (C=O) groups excluding carboxylic acids is 1. The third-order valence-corrected chi connectivity index (χ3v) is 9.01. The molecule has 0 aliphatic heterocycles. The van der Waals surface area contributed by atoms with Crippen LogP contribution in [-0.2, 0) is 10.0 Å². The molecule has 0 radical (unpaired) electrons. The third-order valence-electron chi connectivity index (χ3n) is 7.44. The molecule has 2 aromatic heterocycles. The molecule has 2 bridgehead atoms. The molecule has 3 aromatic rings. The number of benzene rings is 1. The fourth-order valence-electron chi connectivity index (χ4n) is 5.73. The summed E-state index contributed by atoms with van der Waals surface area (Å²) in [6.45, 7) is 5.84. The molecule has 35 heavy (non-hydrogen) atoms. The zero-order chi connectivity index (χ0) is 24.7. The van der Waals surface area contributed by atoms with Crippen molar-refractivity contribution in [3.05, 3.63) is 65.6 Å². The highest BCUT2D eigenvalue weighted by molar-refractivity contribution is 7.89. The van der Waals surface area contributed by atoms with Crippen LogP contribution in [0, 0.1) is 31.6 Å². The van der Waals surface area contributed by atoms with E-state index in [1.807, 2.05) is 26.8 Å². The summed E-state index contributed by atoms with van der Waals surface area (Å²) >= 11 is 0. The highest BCUT2D eigenvalue weighted by Gasteiger charge is 2.42. The minimum atomic E-state index is -3.63. The normalized spacial score (nSPS) is 22.3. The first-order valence-electron chi connectivity index (χ1n) is 12.1. The molecule has 2 heterocycles. The van der Waals surface area contributed by atoms with Crippen LogP contribution in [0.25, 0.3) is 5.82 Å². The Balaban J connectivity index is 1.21. The molecular weight excluding hydrogens is 462 g/mol. The smallest absolute Gasteiger partial charge is 0.257 e. The Labute approximate surface area is 206 Å². The van der Waals surface area contributed by atoms with Crippen molar-refractivity contribution in [3.8, 4) is 5.82 Å². The average Bonchev–Trinajstić information content (AvgIpc) is 3.55. The molecule has 2 fully saturated rings. The number of hydrogen-bond donors (Lipinski definition) is 2. The quantitative estimate of drug-likeness (QED) is 0.512. The lowest BCUT2D eigenvalue weighted by Crippen LogP contribution is -2.40. The van der Waals surface area contributed by atoms with Gasteiger partial charge in [-0.25, -0.2) is 22.8 Å². The average molecular weight is 494 g/mol. The van der Waals surface area contributed by atoms with Gasteiger partial charge in [0.05, 0.1) is 16.2 Å². The van der Waals surface area contributed by atoms with Crippen LogP contribution in [-0.4, -0.2) is 35.1 Å². The van der Waals surface area contributed by atoms with Crippen LogP contribution in [0.1, 0.15) is 54.4 Å². The van der Waals surface area contributed by atoms with Crippen LogP contribution in [0.5, 0.6) is 0 Å². The molecule has 1 aromatic carbocycles. The number of nitrogens with one attached hydrogen (secondary N) is 2. The Kier molecular flexibility index (Phi) is 6.23. The van der Waals surface area contributed by atoms with Gasteiger partial charge in [0.1, 0.15) is 0 Å². The van der Waals surface area contributed by atoms with Gasteiger partial charge in [-0.3, -0.25) is 4.79 Å². The van der Waals surface area contributed by atoms with E-state index >= 15 is 0 Å². The summed E-state index contributed by atoms with van der Waals surface area (Å²) in [5, 5.41) is 7.20. The Morgan fingerprint density at radius 2 is 1.86 bits per heavy atom. The summed E-state index contributed by atoms with van der Waals surface area (Å²) in [4.78, 5) is 17.2. The van der Waals surface area contributed by atoms with Gasteiger partial charge in [-0.2, -0.15) is 5.10 Å². The van der Waals surface area contributed by atoms with Crippen LogP contribution < -0.4 is 10.0 Å². The standard InChI is InChI=1S/C26H31N5O3S/c1-16-12-17(2)31(29-16)25-11-6-21(15-27-25)26(32)28-22-7-9-23(10-8-22)35(33,34)30-18(3)24-14-19-4-5-20(24)13-19/h6-12,15,18-20,24,30H,4-5,13-14H2,1-3H3,(H,28,32). The fourth-order valence-corrected chi connectivity index (χ4v) is 7.03. The van der Waals surface area contributed by atoms with E-state index in [0.717, 1.165) is 23.7 Å². The molecule has 5 rings (SSSR count). The van der Waals surface area contributed by atoms with Crippen molar-refractivity contribution >= 4 is 21.6 Å². The number of aromatic nitrogens is 3. The zero-order valence-corrected chi connectivity index (χ0v) is 21.0. The summed E-state index contributed by atoms with van der Waals surface area (Å²) < 4.78 is 30.4. The van der Waals surface area contributed by atoms with Gasteiger partial charge in [-0.15, -0.1) is 0 Å². The summed E-state index contributed by atoms with van der Waals surface area (Å²) in [6, 6.07) is 11.6. The number of anilines is 1. The molecule has 4 atom stereocenters. The fraction of sp³-hybridized carbons (Fsp3) is 0.423. The van der Waals surface area contributed by atoms with Crippen molar-refractivity contribution in [1.82, 2.24) is 19.5 Å². The van der Waals surface area contributed by atoms with Crippen LogP contribution in [0.15, 0.2) is 53.6 Å². The third kappa shape index (κ3) is 4.88. The summed E-state index contributed by atoms with van der Waals surface area (Å²) in [6.07, 6.45) is 6.37. The second kappa shape index (κ2) is 9.20. The molecule has 8 nitrogen and oxygen atoms in total. The van der Waals surface area contributed by atoms with Gasteiger partial charge in [0, 0.05) is 23.6 Å². The minimum absolute atomic E-state index is 0.0837. The van der Waals surface area contributed by atoms with Gasteiger partial charge < -0.3 is 5.32 Å². The molecule has 2 aliphatic carbocycles. The van der Waals surface area contributed by atoms with Crippen molar-refractivity contribution < 1.29 is 13.2 Å². The predicted octanol–water partition coefficient (Wildman–Crippen LogP) is 4.24. The topological polar surface area (TPSA) is 106 Å². The van der Waals surface area contributed by atoms with Gasteiger partial charge in [0.15, 0.2) is 5.82 Å². The Hall–Kier alpha value is -3.04. The molecule has 2 N–H and O–H groups in total. The molecular formula is C26H31N5O3S. The number of sulfonamides is 1. The number of hydrogen-bond acceptors (Lipinski definition) is 5. The Bertz CT molecular complexity index is 1330. The lowest BCUT2D eigenvalue weighted by Gasteiger charge is -2.28. The van der Waals surface area contributed by atoms with Crippen LogP contribution >= 0.6 is 0 Å². The number of amides is 1. The van der Waals surface area contributed by atoms with Gasteiger partial charge in [-0.05, 0) is 100 Å². The second-order valence-electron chi connectivity index (χ2n) is 9.97. The van der Waals surface area contributed by atoms with E-state index in [2.05, 4.69) is 20.1 Å². The van der Waals surface area contributed by atoms with E-state index in [9.17, 15) is 13.2 Å². The maximum absolute atomic E-state index is 12.9. The molecule has 9 heteroatoms. The van der Waals surface area contributed by atoms with Crippen LogP contribution in [0.4, 0.5) is 5.69 Å². The lowest BCUT2D eigenvalue weighted by molar-refractivity contribution is 0.102. The van der Waals surface area contributed by atoms with Gasteiger partial charge in [-0.1, -0.05) is 6.42 Å². The molecule has 184 valence electrons. The van der Waals surface area contributed by atoms with E-state index in [1.54, 1.807) is 28.9 Å². The van der Waals surface area contributed by atoms with E-state index in [0.29, 0.717) is 28.9 Å². The van der Waals surface area contributed by atoms with Crippen molar-refractivity contribution in [2.75, 3.05) is 5.32 Å². The van der Waals surface area contributed by atoms with Gasteiger partial charge in [0.2, 0.25) is 10.0 Å².